The van der Waals surface area contributed by atoms with Gasteiger partial charge in [-0.15, -0.1) is 0 Å². The minimum Gasteiger partial charge on any atom is -0.324 e. The highest BCUT2D eigenvalue weighted by Crippen LogP contribution is 2.22. The molecule has 3 N–H and O–H groups in total. The first-order valence-corrected chi connectivity index (χ1v) is 10.5. The Bertz CT molecular complexity index is 1390. The van der Waals surface area contributed by atoms with E-state index in [9.17, 15) is 14.5 Å². The Kier molecular flexibility index (Phi) is 6.86. The summed E-state index contributed by atoms with van der Waals surface area (Å²) in [6.45, 7) is 4.02. The molecule has 0 fully saturated rings. The van der Waals surface area contributed by atoms with Gasteiger partial charge in [-0.25, -0.2) is 9.82 Å². The molecule has 0 aliphatic carbocycles. The highest BCUT2D eigenvalue weighted by atomic mass is 19.1. The largest absolute Gasteiger partial charge is 0.324 e. The molecule has 0 saturated heterocycles. The molecule has 4 rings (SSSR count). The van der Waals surface area contributed by atoms with E-state index < -0.39 is 10.7 Å². The van der Waals surface area contributed by atoms with Crippen molar-refractivity contribution in [3.05, 3.63) is 99.4 Å². The average molecular weight is 472 g/mol. The van der Waals surface area contributed by atoms with Crippen molar-refractivity contribution >= 4 is 41.1 Å². The maximum Gasteiger partial charge on any atom is 0.269 e. The standard InChI is InChI=1S/C24H21FN8O2/c1-15-7-8-19(13-16(15)2)28-23-29-22(27-18-9-11-20(12-10-18)33(34)35)30-24(31-23)32-26-14-17-5-3-4-6-21(17)25/h3-14H,1-2H3,(H3,27,28,29,30,31,32)/b26-14-. The number of nitrogens with zero attached hydrogens (tertiary/aromatic N) is 5. The van der Waals surface area contributed by atoms with Crippen molar-refractivity contribution in [3.8, 4) is 0 Å². The van der Waals surface area contributed by atoms with Gasteiger partial charge in [0.25, 0.3) is 5.69 Å². The quantitative estimate of drug-likeness (QED) is 0.175. The molecule has 3 aromatic carbocycles. The molecule has 176 valence electrons. The van der Waals surface area contributed by atoms with E-state index in [1.165, 1.54) is 24.4 Å². The number of hydrogen-bond donors (Lipinski definition) is 3. The zero-order chi connectivity index (χ0) is 24.8. The summed E-state index contributed by atoms with van der Waals surface area (Å²) in [5.74, 6) is 0.0923. The number of hydrogen-bond acceptors (Lipinski definition) is 9. The lowest BCUT2D eigenvalue weighted by Gasteiger charge is -2.11. The summed E-state index contributed by atoms with van der Waals surface area (Å²) < 4.78 is 13.8. The molecule has 0 spiro atoms. The number of aryl methyl sites for hydroxylation is 2. The predicted molar refractivity (Wildman–Crippen MR) is 133 cm³/mol. The predicted octanol–water partition coefficient (Wildman–Crippen LogP) is 5.47. The van der Waals surface area contributed by atoms with Gasteiger partial charge in [0.1, 0.15) is 5.82 Å². The zero-order valence-corrected chi connectivity index (χ0v) is 18.9. The molecule has 4 aromatic rings. The van der Waals surface area contributed by atoms with Crippen molar-refractivity contribution in [2.45, 2.75) is 13.8 Å². The van der Waals surface area contributed by atoms with Gasteiger partial charge in [-0.1, -0.05) is 24.3 Å². The van der Waals surface area contributed by atoms with Crippen LogP contribution in [0.1, 0.15) is 16.7 Å². The van der Waals surface area contributed by atoms with Gasteiger partial charge in [0.2, 0.25) is 17.8 Å². The highest BCUT2D eigenvalue weighted by Gasteiger charge is 2.10. The maximum atomic E-state index is 13.8. The Morgan fingerprint density at radius 1 is 0.857 bits per heavy atom. The summed E-state index contributed by atoms with van der Waals surface area (Å²) in [7, 11) is 0. The molecule has 0 aliphatic rings. The molecule has 0 saturated carbocycles. The van der Waals surface area contributed by atoms with Crippen molar-refractivity contribution in [1.29, 1.82) is 0 Å². The molecule has 35 heavy (non-hydrogen) atoms. The Hall–Kier alpha value is -4.93. The van der Waals surface area contributed by atoms with E-state index in [-0.39, 0.29) is 23.5 Å². The molecule has 0 atom stereocenters. The van der Waals surface area contributed by atoms with E-state index in [2.05, 4.69) is 36.1 Å². The Balaban J connectivity index is 1.60. The van der Waals surface area contributed by atoms with Crippen LogP contribution in [0.25, 0.3) is 0 Å². The van der Waals surface area contributed by atoms with Gasteiger partial charge in [0.05, 0.1) is 11.1 Å². The first-order chi connectivity index (χ1) is 16.9. The Morgan fingerprint density at radius 3 is 2.14 bits per heavy atom. The van der Waals surface area contributed by atoms with E-state index >= 15 is 0 Å². The fourth-order valence-corrected chi connectivity index (χ4v) is 3.02. The number of non-ortho nitro benzene ring substituents is 1. The lowest BCUT2D eigenvalue weighted by molar-refractivity contribution is -0.384. The molecule has 0 aliphatic heterocycles. The minimum atomic E-state index is -0.478. The average Bonchev–Trinajstić information content (AvgIpc) is 2.83. The second-order valence-corrected chi connectivity index (χ2v) is 7.55. The molecule has 0 bridgehead atoms. The number of anilines is 5. The van der Waals surface area contributed by atoms with E-state index in [1.54, 1.807) is 30.3 Å². The second-order valence-electron chi connectivity index (χ2n) is 7.55. The third-order valence-corrected chi connectivity index (χ3v) is 5.01. The number of halogens is 1. The van der Waals surface area contributed by atoms with E-state index in [0.717, 1.165) is 16.8 Å². The van der Waals surface area contributed by atoms with Gasteiger partial charge in [-0.05, 0) is 55.3 Å². The second kappa shape index (κ2) is 10.3. The lowest BCUT2D eigenvalue weighted by atomic mass is 10.1. The number of nitro benzene ring substituents is 1. The molecular formula is C24H21FN8O2. The first kappa shape index (κ1) is 23.2. The highest BCUT2D eigenvalue weighted by molar-refractivity contribution is 5.80. The van der Waals surface area contributed by atoms with Crippen molar-refractivity contribution in [3.63, 3.8) is 0 Å². The fourth-order valence-electron chi connectivity index (χ4n) is 3.02. The summed E-state index contributed by atoms with van der Waals surface area (Å²) in [6.07, 6.45) is 1.32. The topological polar surface area (TPSA) is 130 Å². The van der Waals surface area contributed by atoms with Crippen LogP contribution in [0.3, 0.4) is 0 Å². The van der Waals surface area contributed by atoms with Crippen molar-refractivity contribution in [2.24, 2.45) is 5.10 Å². The van der Waals surface area contributed by atoms with Crippen LogP contribution in [0.4, 0.5) is 39.3 Å². The molecule has 0 amide bonds. The number of nitro groups is 1. The number of aromatic nitrogens is 3. The monoisotopic (exact) mass is 472 g/mol. The van der Waals surface area contributed by atoms with Gasteiger partial charge < -0.3 is 10.6 Å². The maximum absolute atomic E-state index is 13.8. The van der Waals surface area contributed by atoms with Crippen LogP contribution in [0.2, 0.25) is 0 Å². The normalized spacial score (nSPS) is 10.8. The summed E-state index contributed by atoms with van der Waals surface area (Å²) in [4.78, 5) is 23.4. The Morgan fingerprint density at radius 2 is 1.49 bits per heavy atom. The number of benzene rings is 3. The summed E-state index contributed by atoms with van der Waals surface area (Å²) >= 11 is 0. The summed E-state index contributed by atoms with van der Waals surface area (Å²) in [5.41, 5.74) is 6.52. The van der Waals surface area contributed by atoms with Crippen LogP contribution in [-0.4, -0.2) is 26.1 Å². The number of rotatable bonds is 8. The van der Waals surface area contributed by atoms with Gasteiger partial charge in [-0.2, -0.15) is 20.1 Å². The van der Waals surface area contributed by atoms with Crippen LogP contribution in [-0.2, 0) is 0 Å². The van der Waals surface area contributed by atoms with E-state index in [1.807, 2.05) is 32.0 Å². The SMILES string of the molecule is Cc1ccc(Nc2nc(N/N=C\c3ccccc3F)nc(Nc3ccc([N+](=O)[O-])cc3)n2)cc1C. The third kappa shape index (κ3) is 6.11. The molecule has 0 unspecified atom stereocenters. The molecule has 0 radical (unpaired) electrons. The zero-order valence-electron chi connectivity index (χ0n) is 18.9. The van der Waals surface area contributed by atoms with Crippen LogP contribution >= 0.6 is 0 Å². The first-order valence-electron chi connectivity index (χ1n) is 10.5. The van der Waals surface area contributed by atoms with Crippen LogP contribution in [0.15, 0.2) is 71.8 Å². The molecule has 10 nitrogen and oxygen atoms in total. The molecule has 1 aromatic heterocycles. The van der Waals surface area contributed by atoms with Crippen LogP contribution < -0.4 is 16.1 Å². The van der Waals surface area contributed by atoms with Gasteiger partial charge in [0.15, 0.2) is 0 Å². The van der Waals surface area contributed by atoms with Gasteiger partial charge in [-0.3, -0.25) is 10.1 Å². The fraction of sp³-hybridized carbons (Fsp3) is 0.0833. The van der Waals surface area contributed by atoms with Crippen LogP contribution in [0.5, 0.6) is 0 Å². The minimum absolute atomic E-state index is 0.0341. The molecule has 11 heteroatoms. The number of nitrogens with one attached hydrogen (secondary N) is 3. The smallest absolute Gasteiger partial charge is 0.269 e. The van der Waals surface area contributed by atoms with E-state index in [0.29, 0.717) is 11.3 Å². The number of hydrazone groups is 1. The third-order valence-electron chi connectivity index (χ3n) is 5.01. The summed E-state index contributed by atoms with van der Waals surface area (Å²) in [5, 5.41) is 21.1. The van der Waals surface area contributed by atoms with Crippen LogP contribution in [0, 0.1) is 29.8 Å². The molecule has 1 heterocycles. The lowest BCUT2D eigenvalue weighted by Crippen LogP contribution is -2.07. The van der Waals surface area contributed by atoms with Crippen molar-refractivity contribution in [1.82, 2.24) is 15.0 Å². The van der Waals surface area contributed by atoms with Gasteiger partial charge in [0, 0.05) is 29.1 Å². The molecular weight excluding hydrogens is 451 g/mol. The van der Waals surface area contributed by atoms with Crippen molar-refractivity contribution in [2.75, 3.05) is 16.1 Å². The van der Waals surface area contributed by atoms with Crippen molar-refractivity contribution < 1.29 is 9.31 Å². The van der Waals surface area contributed by atoms with E-state index in [4.69, 9.17) is 0 Å². The Labute approximate surface area is 200 Å². The van der Waals surface area contributed by atoms with Gasteiger partial charge >= 0.3 is 0 Å². The summed E-state index contributed by atoms with van der Waals surface area (Å²) in [6, 6.07) is 17.9.